The Morgan fingerprint density at radius 3 is 2.41 bits per heavy atom. The maximum absolute atomic E-state index is 12.0. The van der Waals surface area contributed by atoms with Gasteiger partial charge in [0.2, 0.25) is 11.9 Å². The van der Waals surface area contributed by atoms with Gasteiger partial charge in [0.15, 0.2) is 5.11 Å². The molecule has 152 valence electrons. The van der Waals surface area contributed by atoms with Crippen molar-refractivity contribution in [2.24, 2.45) is 15.9 Å². The second-order valence-electron chi connectivity index (χ2n) is 5.53. The summed E-state index contributed by atoms with van der Waals surface area (Å²) in [6.45, 7) is 0. The molecule has 0 aliphatic carbocycles. The molecule has 0 aliphatic rings. The lowest BCUT2D eigenvalue weighted by atomic mass is 10.2. The first-order valence-corrected chi connectivity index (χ1v) is 9.95. The van der Waals surface area contributed by atoms with Gasteiger partial charge in [-0.05, 0) is 48.6 Å². The number of hydrogen-bond acceptors (Lipinski definition) is 5. The van der Waals surface area contributed by atoms with E-state index in [-0.39, 0.29) is 10.0 Å². The van der Waals surface area contributed by atoms with Crippen LogP contribution in [0.1, 0.15) is 5.56 Å². The van der Waals surface area contributed by atoms with Crippen LogP contribution in [-0.4, -0.2) is 32.5 Å². The number of thiocarbonyl (C=S) groups is 1. The Morgan fingerprint density at radius 2 is 1.79 bits per heavy atom. The van der Waals surface area contributed by atoms with Gasteiger partial charge in [-0.1, -0.05) is 18.2 Å². The molecule has 0 heterocycles. The van der Waals surface area contributed by atoms with Crippen LogP contribution in [0.4, 0.5) is 5.69 Å². The molecule has 2 rings (SSSR count). The lowest BCUT2D eigenvalue weighted by molar-refractivity contribution is -0.115. The van der Waals surface area contributed by atoms with Crippen LogP contribution < -0.4 is 26.8 Å². The molecule has 0 aromatic heterocycles. The molecule has 0 unspecified atom stereocenters. The van der Waals surface area contributed by atoms with Crippen molar-refractivity contribution in [3.8, 4) is 5.75 Å². The third-order valence-electron chi connectivity index (χ3n) is 3.43. The highest BCUT2D eigenvalue weighted by Gasteiger charge is 2.13. The molecule has 0 radical (unpaired) electrons. The van der Waals surface area contributed by atoms with Crippen LogP contribution in [0.3, 0.4) is 0 Å². The summed E-state index contributed by atoms with van der Waals surface area (Å²) in [4.78, 5) is 11.9. The van der Waals surface area contributed by atoms with E-state index in [2.05, 4.69) is 15.0 Å². The number of hydrogen-bond donors (Lipinski definition) is 4. The topological polar surface area (TPSA) is 149 Å². The molecule has 11 heteroatoms. The van der Waals surface area contributed by atoms with Crippen molar-refractivity contribution in [1.29, 1.82) is 0 Å². The zero-order chi connectivity index (χ0) is 21.4. The average molecular weight is 434 g/mol. The van der Waals surface area contributed by atoms with Gasteiger partial charge >= 0.3 is 0 Å². The first-order valence-electron chi connectivity index (χ1n) is 8.10. The fraction of sp³-hybridized carbons (Fsp3) is 0.0556. The maximum Gasteiger partial charge on any atom is 0.285 e. The molecule has 0 bridgehead atoms. The van der Waals surface area contributed by atoms with Gasteiger partial charge < -0.3 is 21.5 Å². The minimum absolute atomic E-state index is 0.0412. The summed E-state index contributed by atoms with van der Waals surface area (Å²) in [6.07, 6.45) is 2.91. The van der Waals surface area contributed by atoms with Crippen LogP contribution in [-0.2, 0) is 14.8 Å². The number of guanidine groups is 1. The summed E-state index contributed by atoms with van der Waals surface area (Å²) in [6, 6.07) is 12.7. The number of nitrogens with zero attached hydrogens (tertiary/aromatic N) is 1. The third kappa shape index (κ3) is 6.59. The summed E-state index contributed by atoms with van der Waals surface area (Å²) in [7, 11) is -2.43. The Kier molecular flexibility index (Phi) is 7.28. The standard InChI is InChI=1S/C18H19N5O4S2/c1-27-15-5-3-2-4-12(15)6-11-16(24)22-18(28)21-13-7-9-14(10-8-13)29(25,26)23-17(19)20/h2-11H,1H3,(H4,19,20,23)(H2,21,22,24,28)/b11-6+. The molecule has 0 aliphatic heterocycles. The van der Waals surface area contributed by atoms with Crippen LogP contribution >= 0.6 is 12.2 Å². The smallest absolute Gasteiger partial charge is 0.285 e. The SMILES string of the molecule is COc1ccccc1/C=C/C(=O)NC(=S)Nc1ccc(S(=O)(=O)N=C(N)N)cc1. The Bertz CT molecular complexity index is 1060. The highest BCUT2D eigenvalue weighted by atomic mass is 32.2. The van der Waals surface area contributed by atoms with Crippen molar-refractivity contribution < 1.29 is 17.9 Å². The Labute approximate surface area is 173 Å². The molecule has 2 aromatic carbocycles. The van der Waals surface area contributed by atoms with Gasteiger partial charge in [0.05, 0.1) is 12.0 Å². The molecule has 0 fully saturated rings. The van der Waals surface area contributed by atoms with E-state index in [1.54, 1.807) is 25.3 Å². The maximum atomic E-state index is 12.0. The number of benzene rings is 2. The van der Waals surface area contributed by atoms with Crippen LogP contribution in [0.2, 0.25) is 0 Å². The quantitative estimate of drug-likeness (QED) is 0.230. The highest BCUT2D eigenvalue weighted by molar-refractivity contribution is 7.90. The molecule has 2 aromatic rings. The monoisotopic (exact) mass is 433 g/mol. The first-order chi connectivity index (χ1) is 13.7. The van der Waals surface area contributed by atoms with Gasteiger partial charge in [-0.15, -0.1) is 4.40 Å². The normalized spacial score (nSPS) is 10.9. The van der Waals surface area contributed by atoms with Gasteiger partial charge in [0.25, 0.3) is 10.0 Å². The summed E-state index contributed by atoms with van der Waals surface area (Å²) >= 11 is 5.08. The number of nitrogens with two attached hydrogens (primary N) is 2. The minimum atomic E-state index is -3.98. The number of nitrogens with one attached hydrogen (secondary N) is 2. The van der Waals surface area contributed by atoms with Crippen molar-refractivity contribution in [3.63, 3.8) is 0 Å². The van der Waals surface area contributed by atoms with Crippen LogP contribution in [0.25, 0.3) is 6.08 Å². The summed E-state index contributed by atoms with van der Waals surface area (Å²) in [5.41, 5.74) is 11.4. The molecule has 0 saturated carbocycles. The lowest BCUT2D eigenvalue weighted by Crippen LogP contribution is -2.32. The van der Waals surface area contributed by atoms with Gasteiger partial charge in [-0.3, -0.25) is 10.1 Å². The molecule has 0 atom stereocenters. The van der Waals surface area contributed by atoms with Crippen molar-refractivity contribution in [1.82, 2.24) is 5.32 Å². The lowest BCUT2D eigenvalue weighted by Gasteiger charge is -2.09. The number of methoxy groups -OCH3 is 1. The predicted octanol–water partition coefficient (Wildman–Crippen LogP) is 1.18. The molecule has 0 saturated heterocycles. The molecule has 6 N–H and O–H groups in total. The molecular weight excluding hydrogens is 414 g/mol. The predicted molar refractivity (Wildman–Crippen MR) is 116 cm³/mol. The Morgan fingerprint density at radius 1 is 1.14 bits per heavy atom. The fourth-order valence-corrected chi connectivity index (χ4v) is 3.27. The Balaban J connectivity index is 1.97. The van der Waals surface area contributed by atoms with Gasteiger partial charge in [0, 0.05) is 17.3 Å². The number of carbonyl (C=O) groups is 1. The van der Waals surface area contributed by atoms with Gasteiger partial charge in [0.1, 0.15) is 5.75 Å². The van der Waals surface area contributed by atoms with Crippen molar-refractivity contribution in [3.05, 3.63) is 60.2 Å². The second-order valence-corrected chi connectivity index (χ2v) is 7.55. The van der Waals surface area contributed by atoms with Crippen molar-refractivity contribution >= 4 is 51.0 Å². The summed E-state index contributed by atoms with van der Waals surface area (Å²) in [5, 5.41) is 5.30. The van der Waals surface area contributed by atoms with E-state index in [1.165, 1.54) is 30.3 Å². The molecule has 29 heavy (non-hydrogen) atoms. The zero-order valence-corrected chi connectivity index (χ0v) is 17.0. The molecule has 1 amide bonds. The van der Waals surface area contributed by atoms with Crippen LogP contribution in [0.5, 0.6) is 5.75 Å². The second kappa shape index (κ2) is 9.66. The third-order valence-corrected chi connectivity index (χ3v) is 4.95. The average Bonchev–Trinajstić information content (AvgIpc) is 2.66. The fourth-order valence-electron chi connectivity index (χ4n) is 2.19. The van der Waals surface area contributed by atoms with Crippen LogP contribution in [0, 0.1) is 0 Å². The van der Waals surface area contributed by atoms with E-state index in [9.17, 15) is 13.2 Å². The minimum Gasteiger partial charge on any atom is -0.496 e. The molecule has 9 nitrogen and oxygen atoms in total. The largest absolute Gasteiger partial charge is 0.496 e. The summed E-state index contributed by atoms with van der Waals surface area (Å²) < 4.78 is 32.2. The number of amides is 1. The number of ether oxygens (including phenoxy) is 1. The molecular formula is C18H19N5O4S2. The van der Waals surface area contributed by atoms with E-state index in [0.717, 1.165) is 5.56 Å². The van der Waals surface area contributed by atoms with Gasteiger partial charge in [-0.25, -0.2) is 0 Å². The highest BCUT2D eigenvalue weighted by Crippen LogP contribution is 2.18. The Hall–Kier alpha value is -3.44. The van der Waals surface area contributed by atoms with E-state index in [4.69, 9.17) is 28.4 Å². The number of rotatable bonds is 6. The summed E-state index contributed by atoms with van der Waals surface area (Å²) in [5.74, 6) is -0.370. The number of sulfonamides is 1. The van der Waals surface area contributed by atoms with E-state index in [1.807, 2.05) is 12.1 Å². The van der Waals surface area contributed by atoms with E-state index < -0.39 is 21.9 Å². The van der Waals surface area contributed by atoms with Crippen molar-refractivity contribution in [2.75, 3.05) is 12.4 Å². The zero-order valence-electron chi connectivity index (χ0n) is 15.3. The van der Waals surface area contributed by atoms with Crippen molar-refractivity contribution in [2.45, 2.75) is 4.90 Å². The van der Waals surface area contributed by atoms with Gasteiger partial charge in [-0.2, -0.15) is 8.42 Å². The number of para-hydroxylation sites is 1. The number of anilines is 1. The first kappa shape index (κ1) is 21.9. The molecule has 0 spiro atoms. The van der Waals surface area contributed by atoms with E-state index >= 15 is 0 Å². The van der Waals surface area contributed by atoms with E-state index in [0.29, 0.717) is 11.4 Å². The van der Waals surface area contributed by atoms with Crippen LogP contribution in [0.15, 0.2) is 63.9 Å². The number of carbonyl (C=O) groups excluding carboxylic acids is 1.